The molecule has 0 saturated heterocycles. The summed E-state index contributed by atoms with van der Waals surface area (Å²) in [7, 11) is 0. The lowest BCUT2D eigenvalue weighted by molar-refractivity contribution is 0.157. The van der Waals surface area contributed by atoms with Crippen LogP contribution in [0.4, 0.5) is 4.39 Å². The molecular weight excluding hydrogens is 155 g/mol. The van der Waals surface area contributed by atoms with Crippen molar-refractivity contribution in [1.29, 1.82) is 0 Å². The molecule has 0 spiro atoms. The summed E-state index contributed by atoms with van der Waals surface area (Å²) in [5.41, 5.74) is 1.76. The average Bonchev–Trinajstić information content (AvgIpc) is 2.07. The van der Waals surface area contributed by atoms with Crippen LogP contribution in [0.3, 0.4) is 0 Å². The molecule has 1 aromatic rings. The Morgan fingerprint density at radius 2 is 2.25 bits per heavy atom. The number of fused-ring (bicyclic) bond motifs is 1. The second-order valence-corrected chi connectivity index (χ2v) is 3.27. The van der Waals surface area contributed by atoms with Gasteiger partial charge in [0.2, 0.25) is 0 Å². The molecule has 0 heterocycles. The van der Waals surface area contributed by atoms with Crippen LogP contribution in [0.5, 0.6) is 0 Å². The van der Waals surface area contributed by atoms with E-state index in [2.05, 4.69) is 0 Å². The van der Waals surface area contributed by atoms with Crippen LogP contribution >= 0.6 is 0 Å². The molecule has 0 unspecified atom stereocenters. The Balaban J connectivity index is 2.43. The molecule has 64 valence electrons. The van der Waals surface area contributed by atoms with Gasteiger partial charge in [0, 0.05) is 6.42 Å². The maximum atomic E-state index is 13.1. The fourth-order valence-electron chi connectivity index (χ4n) is 1.73. The summed E-state index contributed by atoms with van der Waals surface area (Å²) in [6, 6.07) is 5.12. The van der Waals surface area contributed by atoms with Crippen molar-refractivity contribution in [2.45, 2.75) is 25.4 Å². The van der Waals surface area contributed by atoms with Gasteiger partial charge in [-0.25, -0.2) is 4.39 Å². The molecule has 2 heteroatoms. The first kappa shape index (κ1) is 7.74. The molecule has 0 radical (unpaired) electrons. The van der Waals surface area contributed by atoms with E-state index in [1.807, 2.05) is 6.07 Å². The number of aliphatic hydroxyl groups excluding tert-OH is 1. The molecule has 1 aliphatic carbocycles. The van der Waals surface area contributed by atoms with Gasteiger partial charge in [-0.2, -0.15) is 0 Å². The lowest BCUT2D eigenvalue weighted by Gasteiger charge is -2.20. The Morgan fingerprint density at radius 3 is 3.08 bits per heavy atom. The predicted molar refractivity (Wildman–Crippen MR) is 44.4 cm³/mol. The molecule has 12 heavy (non-hydrogen) atoms. The third kappa shape index (κ3) is 1.23. The minimum absolute atomic E-state index is 0.175. The molecule has 0 aliphatic heterocycles. The lowest BCUT2D eigenvalue weighted by Crippen LogP contribution is -2.19. The lowest BCUT2D eigenvalue weighted by atomic mass is 9.89. The zero-order valence-electron chi connectivity index (χ0n) is 6.76. The van der Waals surface area contributed by atoms with Crippen molar-refractivity contribution in [2.75, 3.05) is 0 Å². The highest BCUT2D eigenvalue weighted by molar-refractivity contribution is 5.31. The van der Waals surface area contributed by atoms with Crippen molar-refractivity contribution in [3.63, 3.8) is 0 Å². The highest BCUT2D eigenvalue weighted by atomic mass is 19.1. The van der Waals surface area contributed by atoms with Gasteiger partial charge in [-0.15, -0.1) is 0 Å². The van der Waals surface area contributed by atoms with E-state index in [-0.39, 0.29) is 11.9 Å². The average molecular weight is 166 g/mol. The van der Waals surface area contributed by atoms with Gasteiger partial charge >= 0.3 is 0 Å². The van der Waals surface area contributed by atoms with E-state index < -0.39 is 0 Å². The summed E-state index contributed by atoms with van der Waals surface area (Å²) in [4.78, 5) is 0. The van der Waals surface area contributed by atoms with E-state index in [0.29, 0.717) is 12.0 Å². The van der Waals surface area contributed by atoms with Crippen LogP contribution in [-0.4, -0.2) is 11.2 Å². The minimum atomic E-state index is -0.352. The molecule has 1 aliphatic rings. The van der Waals surface area contributed by atoms with E-state index in [1.54, 1.807) is 6.07 Å². The molecule has 1 atom stereocenters. The van der Waals surface area contributed by atoms with E-state index in [0.717, 1.165) is 18.4 Å². The summed E-state index contributed by atoms with van der Waals surface area (Å²) >= 11 is 0. The van der Waals surface area contributed by atoms with Gasteiger partial charge in [0.25, 0.3) is 0 Å². The quantitative estimate of drug-likeness (QED) is 0.621. The SMILES string of the molecule is O[C@@H]1CCc2cccc(F)c2C1. The third-order valence-corrected chi connectivity index (χ3v) is 2.40. The fourth-order valence-corrected chi connectivity index (χ4v) is 1.73. The number of rotatable bonds is 0. The number of aryl methyl sites for hydroxylation is 1. The second-order valence-electron chi connectivity index (χ2n) is 3.27. The number of hydrogen-bond donors (Lipinski definition) is 1. The van der Waals surface area contributed by atoms with Crippen LogP contribution in [-0.2, 0) is 12.8 Å². The van der Waals surface area contributed by atoms with Crippen LogP contribution in [0.2, 0.25) is 0 Å². The molecule has 1 nitrogen and oxygen atoms in total. The molecule has 0 aromatic heterocycles. The first-order chi connectivity index (χ1) is 5.77. The van der Waals surface area contributed by atoms with E-state index in [9.17, 15) is 9.50 Å². The Bertz CT molecular complexity index is 296. The summed E-state index contributed by atoms with van der Waals surface area (Å²) in [5.74, 6) is -0.175. The third-order valence-electron chi connectivity index (χ3n) is 2.40. The predicted octanol–water partition coefficient (Wildman–Crippen LogP) is 1.68. The van der Waals surface area contributed by atoms with E-state index in [1.165, 1.54) is 6.07 Å². The van der Waals surface area contributed by atoms with Crippen molar-refractivity contribution >= 4 is 0 Å². The largest absolute Gasteiger partial charge is 0.393 e. The van der Waals surface area contributed by atoms with Crippen LogP contribution in [0.25, 0.3) is 0 Å². The monoisotopic (exact) mass is 166 g/mol. The minimum Gasteiger partial charge on any atom is -0.393 e. The van der Waals surface area contributed by atoms with Crippen LogP contribution < -0.4 is 0 Å². The number of benzene rings is 1. The zero-order chi connectivity index (χ0) is 8.55. The summed E-state index contributed by atoms with van der Waals surface area (Å²) in [5, 5.41) is 9.31. The van der Waals surface area contributed by atoms with Crippen LogP contribution in [0.15, 0.2) is 18.2 Å². The number of aliphatic hydroxyl groups is 1. The highest BCUT2D eigenvalue weighted by Crippen LogP contribution is 2.23. The van der Waals surface area contributed by atoms with Gasteiger partial charge < -0.3 is 5.11 Å². The molecule has 0 saturated carbocycles. The Kier molecular flexibility index (Phi) is 1.85. The van der Waals surface area contributed by atoms with Crippen molar-refractivity contribution in [3.05, 3.63) is 35.1 Å². The van der Waals surface area contributed by atoms with Crippen LogP contribution in [0.1, 0.15) is 17.5 Å². The molecule has 1 aromatic carbocycles. The molecule has 0 bridgehead atoms. The van der Waals surface area contributed by atoms with Crippen molar-refractivity contribution in [3.8, 4) is 0 Å². The summed E-state index contributed by atoms with van der Waals surface area (Å²) < 4.78 is 13.1. The smallest absolute Gasteiger partial charge is 0.126 e. The Hall–Kier alpha value is -0.890. The maximum absolute atomic E-state index is 13.1. The highest BCUT2D eigenvalue weighted by Gasteiger charge is 2.18. The maximum Gasteiger partial charge on any atom is 0.126 e. The Labute approximate surface area is 70.8 Å². The Morgan fingerprint density at radius 1 is 1.42 bits per heavy atom. The van der Waals surface area contributed by atoms with Gasteiger partial charge in [-0.3, -0.25) is 0 Å². The standard InChI is InChI=1S/C10H11FO/c11-10-3-1-2-7-4-5-8(12)6-9(7)10/h1-3,8,12H,4-6H2/t8-/m1/s1. The van der Waals surface area contributed by atoms with Gasteiger partial charge in [0.15, 0.2) is 0 Å². The van der Waals surface area contributed by atoms with Gasteiger partial charge in [0.1, 0.15) is 5.82 Å². The molecule has 1 N–H and O–H groups in total. The molecule has 0 fully saturated rings. The summed E-state index contributed by atoms with van der Waals surface area (Å²) in [6.07, 6.45) is 1.68. The number of hydrogen-bond acceptors (Lipinski definition) is 1. The summed E-state index contributed by atoms with van der Waals surface area (Å²) in [6.45, 7) is 0. The van der Waals surface area contributed by atoms with Crippen molar-refractivity contribution < 1.29 is 9.50 Å². The number of halogens is 1. The first-order valence-electron chi connectivity index (χ1n) is 4.21. The van der Waals surface area contributed by atoms with Crippen LogP contribution in [0, 0.1) is 5.82 Å². The van der Waals surface area contributed by atoms with Gasteiger partial charge in [-0.05, 0) is 30.0 Å². The van der Waals surface area contributed by atoms with E-state index in [4.69, 9.17) is 0 Å². The first-order valence-corrected chi connectivity index (χ1v) is 4.21. The van der Waals surface area contributed by atoms with Gasteiger partial charge in [-0.1, -0.05) is 12.1 Å². The molecule has 2 rings (SSSR count). The zero-order valence-corrected chi connectivity index (χ0v) is 6.76. The normalized spacial score (nSPS) is 22.0. The van der Waals surface area contributed by atoms with Crippen molar-refractivity contribution in [2.24, 2.45) is 0 Å². The fraction of sp³-hybridized carbons (Fsp3) is 0.400. The van der Waals surface area contributed by atoms with E-state index >= 15 is 0 Å². The van der Waals surface area contributed by atoms with Crippen molar-refractivity contribution in [1.82, 2.24) is 0 Å². The second kappa shape index (κ2) is 2.87. The molecular formula is C10H11FO. The van der Waals surface area contributed by atoms with Gasteiger partial charge in [0.05, 0.1) is 6.10 Å². The topological polar surface area (TPSA) is 20.2 Å². The molecule has 0 amide bonds.